The molecule has 13 heteroatoms. The monoisotopic (exact) mass is 595 g/mol. The van der Waals surface area contributed by atoms with Crippen LogP contribution < -0.4 is 19.9 Å². The molecule has 0 radical (unpaired) electrons. The molecule has 2 aliphatic rings. The van der Waals surface area contributed by atoms with E-state index in [4.69, 9.17) is 22.2 Å². The van der Waals surface area contributed by atoms with Crippen LogP contribution in [0.3, 0.4) is 0 Å². The van der Waals surface area contributed by atoms with Gasteiger partial charge in [-0.05, 0) is 69.4 Å². The number of amides is 1. The van der Waals surface area contributed by atoms with E-state index in [1.807, 2.05) is 0 Å². The smallest absolute Gasteiger partial charge is 0.417 e. The number of benzene rings is 2. The number of carbonyl (C=O) groups is 1. The van der Waals surface area contributed by atoms with Crippen molar-refractivity contribution >= 4 is 34.6 Å². The van der Waals surface area contributed by atoms with Gasteiger partial charge < -0.3 is 15.0 Å². The lowest BCUT2D eigenvalue weighted by Crippen LogP contribution is -2.50. The molecule has 7 nitrogen and oxygen atoms in total. The second-order valence-corrected chi connectivity index (χ2v) is 10.9. The van der Waals surface area contributed by atoms with Gasteiger partial charge in [-0.1, -0.05) is 0 Å². The minimum absolute atomic E-state index is 0.123. The summed E-state index contributed by atoms with van der Waals surface area (Å²) in [6, 6.07) is 9.37. The quantitative estimate of drug-likeness (QED) is 0.341. The molecule has 2 saturated heterocycles. The molecule has 4 rings (SSSR count). The number of nitriles is 1. The summed E-state index contributed by atoms with van der Waals surface area (Å²) in [6.45, 7) is 8.64. The first-order chi connectivity index (χ1) is 19.2. The third kappa shape index (κ3) is 6.45. The zero-order valence-electron chi connectivity index (χ0n) is 22.8. The maximum Gasteiger partial charge on any atom is 0.417 e. The number of alkyl halides is 5. The third-order valence-electron chi connectivity index (χ3n) is 7.15. The molecule has 41 heavy (non-hydrogen) atoms. The maximum absolute atomic E-state index is 13.6. The molecule has 0 aliphatic carbocycles. The average molecular weight is 596 g/mol. The van der Waals surface area contributed by atoms with Crippen LogP contribution in [0.1, 0.15) is 37.5 Å². The molecule has 0 spiro atoms. The first kappa shape index (κ1) is 30.6. The van der Waals surface area contributed by atoms with Crippen LogP contribution in [0, 0.1) is 11.3 Å². The Labute approximate surface area is 240 Å². The molecule has 0 bridgehead atoms. The molecule has 2 fully saturated rings. The van der Waals surface area contributed by atoms with E-state index in [0.717, 1.165) is 30.6 Å². The summed E-state index contributed by atoms with van der Waals surface area (Å²) in [5.41, 5.74) is -2.76. The first-order valence-electron chi connectivity index (χ1n) is 13.0. The number of halogens is 5. The van der Waals surface area contributed by atoms with Crippen LogP contribution in [0.4, 0.5) is 33.3 Å². The number of thiocarbonyl (C=S) groups is 1. The molecule has 1 N–H and O–H groups in total. The van der Waals surface area contributed by atoms with E-state index in [0.29, 0.717) is 30.9 Å². The van der Waals surface area contributed by atoms with Gasteiger partial charge in [-0.15, -0.1) is 0 Å². The summed E-state index contributed by atoms with van der Waals surface area (Å²) < 4.78 is 73.8. The Morgan fingerprint density at radius 2 is 1.90 bits per heavy atom. The first-order valence-corrected chi connectivity index (χ1v) is 13.4. The van der Waals surface area contributed by atoms with Crippen molar-refractivity contribution in [2.45, 2.75) is 51.4 Å². The lowest BCUT2D eigenvalue weighted by molar-refractivity contribution is -0.137. The average Bonchev–Trinajstić information content (AvgIpc) is 3.06. The van der Waals surface area contributed by atoms with Crippen LogP contribution >= 0.6 is 12.2 Å². The lowest BCUT2D eigenvalue weighted by Gasteiger charge is -2.32. The van der Waals surface area contributed by atoms with Crippen molar-refractivity contribution in [3.63, 3.8) is 0 Å². The number of carbonyl (C=O) groups excluding carboxylic acids is 1. The van der Waals surface area contributed by atoms with Crippen molar-refractivity contribution in [1.29, 1.82) is 5.26 Å². The largest absolute Gasteiger partial charge is 0.492 e. The molecule has 2 aromatic carbocycles. The van der Waals surface area contributed by atoms with E-state index in [1.165, 1.54) is 23.1 Å². The van der Waals surface area contributed by atoms with Crippen molar-refractivity contribution in [3.8, 4) is 11.8 Å². The Kier molecular flexibility index (Phi) is 8.87. The zero-order valence-corrected chi connectivity index (χ0v) is 23.6. The lowest BCUT2D eigenvalue weighted by atomic mass is 10.0. The highest BCUT2D eigenvalue weighted by Crippen LogP contribution is 2.40. The Hall–Kier alpha value is -3.34. The van der Waals surface area contributed by atoms with Gasteiger partial charge in [0.2, 0.25) is 6.43 Å². The second-order valence-electron chi connectivity index (χ2n) is 10.5. The maximum atomic E-state index is 13.6. The van der Waals surface area contributed by atoms with Crippen LogP contribution in [0.25, 0.3) is 0 Å². The van der Waals surface area contributed by atoms with Crippen molar-refractivity contribution in [1.82, 2.24) is 10.2 Å². The van der Waals surface area contributed by atoms with Gasteiger partial charge in [-0.2, -0.15) is 18.4 Å². The van der Waals surface area contributed by atoms with E-state index in [2.05, 4.69) is 17.1 Å². The molecule has 2 aromatic rings. The van der Waals surface area contributed by atoms with Crippen molar-refractivity contribution in [3.05, 3.63) is 53.1 Å². The summed E-state index contributed by atoms with van der Waals surface area (Å²) in [5, 5.41) is 12.4. The summed E-state index contributed by atoms with van der Waals surface area (Å²) in [5.74, 6) is -0.327. The van der Waals surface area contributed by atoms with Gasteiger partial charge in [-0.3, -0.25) is 14.6 Å². The Morgan fingerprint density at radius 3 is 2.54 bits per heavy atom. The summed E-state index contributed by atoms with van der Waals surface area (Å²) >= 11 is 5.56. The zero-order chi connectivity index (χ0) is 30.1. The number of hydrogen-bond acceptors (Lipinski definition) is 6. The SMILES string of the molecule is C[C@@H]1CN(CCOc2ccc(N3C(=S)N(c4ccc(C#N)c(C(F)(F)F)c4)C(=O)C3(C)C)cc2CC(F)F)CCN1. The number of nitrogens with zero attached hydrogens (tertiary/aromatic N) is 4. The highest BCUT2D eigenvalue weighted by molar-refractivity contribution is 7.81. The van der Waals surface area contributed by atoms with Gasteiger partial charge in [0.05, 0.1) is 22.9 Å². The predicted octanol–water partition coefficient (Wildman–Crippen LogP) is 4.97. The highest BCUT2D eigenvalue weighted by Gasteiger charge is 2.51. The van der Waals surface area contributed by atoms with Crippen molar-refractivity contribution < 1.29 is 31.5 Å². The Morgan fingerprint density at radius 1 is 1.20 bits per heavy atom. The summed E-state index contributed by atoms with van der Waals surface area (Å²) in [6.07, 6.45) is -8.10. The van der Waals surface area contributed by atoms with E-state index in [1.54, 1.807) is 26.0 Å². The highest BCUT2D eigenvalue weighted by atomic mass is 32.1. The minimum Gasteiger partial charge on any atom is -0.492 e. The summed E-state index contributed by atoms with van der Waals surface area (Å²) in [4.78, 5) is 18.1. The van der Waals surface area contributed by atoms with Crippen molar-refractivity contribution in [2.75, 3.05) is 42.6 Å². The third-order valence-corrected chi connectivity index (χ3v) is 7.51. The molecule has 0 saturated carbocycles. The number of hydrogen-bond donors (Lipinski definition) is 1. The topological polar surface area (TPSA) is 71.8 Å². The Balaban J connectivity index is 1.62. The Bertz CT molecular complexity index is 1360. The number of ether oxygens (including phenoxy) is 1. The number of rotatable bonds is 8. The molecule has 1 amide bonds. The van der Waals surface area contributed by atoms with Gasteiger partial charge >= 0.3 is 6.18 Å². The van der Waals surface area contributed by atoms with E-state index in [9.17, 15) is 26.7 Å². The van der Waals surface area contributed by atoms with E-state index >= 15 is 0 Å². The number of anilines is 2. The van der Waals surface area contributed by atoms with Crippen LogP contribution in [0.15, 0.2) is 36.4 Å². The molecule has 220 valence electrons. The summed E-state index contributed by atoms with van der Waals surface area (Å²) in [7, 11) is 0. The second kappa shape index (κ2) is 11.9. The molecular weight excluding hydrogens is 565 g/mol. The predicted molar refractivity (Wildman–Crippen MR) is 148 cm³/mol. The van der Waals surface area contributed by atoms with Gasteiger partial charge in [0.15, 0.2) is 5.11 Å². The number of piperazine rings is 1. The molecule has 2 aliphatic heterocycles. The molecule has 2 heterocycles. The van der Waals surface area contributed by atoms with Crippen LogP contribution in [0.2, 0.25) is 0 Å². The van der Waals surface area contributed by atoms with Crippen LogP contribution in [-0.2, 0) is 17.4 Å². The van der Waals surface area contributed by atoms with Gasteiger partial charge in [0.1, 0.15) is 17.9 Å². The minimum atomic E-state index is -4.83. The van der Waals surface area contributed by atoms with Crippen molar-refractivity contribution in [2.24, 2.45) is 0 Å². The fraction of sp³-hybridized carbons (Fsp3) is 0.464. The molecular formula is C28H30F5N5O2S. The molecule has 0 aromatic heterocycles. The molecule has 0 unspecified atom stereocenters. The van der Waals surface area contributed by atoms with Gasteiger partial charge in [0.25, 0.3) is 5.91 Å². The van der Waals surface area contributed by atoms with Gasteiger partial charge in [0, 0.05) is 49.9 Å². The van der Waals surface area contributed by atoms with Crippen LogP contribution in [0.5, 0.6) is 5.75 Å². The number of nitrogens with one attached hydrogen (secondary N) is 1. The normalized spacial score (nSPS) is 19.7. The fourth-order valence-electron chi connectivity index (χ4n) is 5.13. The van der Waals surface area contributed by atoms with E-state index in [-0.39, 0.29) is 22.1 Å². The van der Waals surface area contributed by atoms with E-state index < -0.39 is 41.6 Å². The fourth-order valence-corrected chi connectivity index (χ4v) is 5.65. The molecule has 1 atom stereocenters. The van der Waals surface area contributed by atoms with Crippen LogP contribution in [-0.4, -0.2) is 66.7 Å². The standard InChI is InChI=1S/C28H30F5N5O2S/c1-17-16-36(9-8-35-17)10-11-40-23-7-6-21(12-19(23)13-24(29)30)38-26(41)37(25(39)27(38,2)3)20-5-4-18(15-34)22(14-20)28(31,32)33/h4-7,12,14,17,24,35H,8-11,13,16H2,1-3H3/t17-/m1/s1. The van der Waals surface area contributed by atoms with Gasteiger partial charge in [-0.25, -0.2) is 8.78 Å².